The second kappa shape index (κ2) is 6.38. The zero-order chi connectivity index (χ0) is 15.4. The predicted octanol–water partition coefficient (Wildman–Crippen LogP) is 1.38. The van der Waals surface area contributed by atoms with Crippen molar-refractivity contribution < 1.29 is 19.2 Å². The molecule has 21 heavy (non-hydrogen) atoms. The minimum atomic E-state index is -0.561. The summed E-state index contributed by atoms with van der Waals surface area (Å²) in [4.78, 5) is 36.0. The lowest BCUT2D eigenvalue weighted by atomic mass is 9.86. The van der Waals surface area contributed by atoms with Crippen molar-refractivity contribution in [3.63, 3.8) is 0 Å². The van der Waals surface area contributed by atoms with Gasteiger partial charge in [-0.05, 0) is 25.7 Å². The molecule has 0 atom stereocenters. The van der Waals surface area contributed by atoms with E-state index in [0.717, 1.165) is 0 Å². The van der Waals surface area contributed by atoms with Gasteiger partial charge in [0, 0.05) is 12.1 Å². The van der Waals surface area contributed by atoms with Gasteiger partial charge in [-0.15, -0.1) is 0 Å². The van der Waals surface area contributed by atoms with Crippen LogP contribution in [0.1, 0.15) is 36.2 Å². The number of ether oxygens (including phenoxy) is 1. The highest BCUT2D eigenvalue weighted by molar-refractivity contribution is 5.93. The molecule has 0 spiro atoms. The van der Waals surface area contributed by atoms with Crippen LogP contribution in [0, 0.1) is 16.0 Å². The maximum atomic E-state index is 12.0. The molecule has 0 radical (unpaired) electrons. The van der Waals surface area contributed by atoms with Crippen LogP contribution in [0.25, 0.3) is 0 Å². The fraction of sp³-hybridized carbons (Fsp3) is 0.538. The largest absolute Gasteiger partial charge is 0.469 e. The third kappa shape index (κ3) is 3.59. The highest BCUT2D eigenvalue weighted by Crippen LogP contribution is 2.25. The Bertz CT molecular complexity index is 546. The fourth-order valence-electron chi connectivity index (χ4n) is 2.52. The Labute approximate surface area is 121 Å². The van der Waals surface area contributed by atoms with E-state index in [1.54, 1.807) is 0 Å². The van der Waals surface area contributed by atoms with Crippen molar-refractivity contribution in [1.82, 2.24) is 10.3 Å². The van der Waals surface area contributed by atoms with Gasteiger partial charge in [0.05, 0.1) is 24.1 Å². The van der Waals surface area contributed by atoms with Crippen LogP contribution in [0.3, 0.4) is 0 Å². The molecule has 0 bridgehead atoms. The molecule has 8 heteroatoms. The summed E-state index contributed by atoms with van der Waals surface area (Å²) in [6.07, 6.45) is 3.90. The third-order valence-electron chi connectivity index (χ3n) is 3.72. The highest BCUT2D eigenvalue weighted by atomic mass is 16.6. The molecule has 1 aromatic heterocycles. The van der Waals surface area contributed by atoms with Crippen LogP contribution in [-0.4, -0.2) is 34.9 Å². The van der Waals surface area contributed by atoms with Crippen molar-refractivity contribution in [2.75, 3.05) is 7.11 Å². The lowest BCUT2D eigenvalue weighted by molar-refractivity contribution is -0.384. The van der Waals surface area contributed by atoms with Crippen LogP contribution in [0.5, 0.6) is 0 Å². The van der Waals surface area contributed by atoms with E-state index < -0.39 is 4.92 Å². The minimum absolute atomic E-state index is 0.0271. The van der Waals surface area contributed by atoms with E-state index >= 15 is 0 Å². The summed E-state index contributed by atoms with van der Waals surface area (Å²) in [5, 5.41) is 13.4. The number of amides is 1. The lowest BCUT2D eigenvalue weighted by Crippen LogP contribution is -2.39. The van der Waals surface area contributed by atoms with Crippen LogP contribution in [-0.2, 0) is 9.53 Å². The monoisotopic (exact) mass is 295 g/mol. The van der Waals surface area contributed by atoms with Gasteiger partial charge in [0.2, 0.25) is 0 Å². The van der Waals surface area contributed by atoms with E-state index in [-0.39, 0.29) is 35.2 Å². The Morgan fingerprint density at radius 3 is 2.57 bits per heavy atom. The number of nitrogens with one attached hydrogen (secondary N) is 2. The molecule has 2 rings (SSSR count). The molecule has 0 aromatic carbocycles. The number of hydrogen-bond acceptors (Lipinski definition) is 5. The summed E-state index contributed by atoms with van der Waals surface area (Å²) in [5.74, 6) is -0.681. The number of aromatic amines is 1. The Morgan fingerprint density at radius 1 is 1.38 bits per heavy atom. The highest BCUT2D eigenvalue weighted by Gasteiger charge is 2.28. The van der Waals surface area contributed by atoms with Gasteiger partial charge in [-0.3, -0.25) is 19.7 Å². The first-order valence-corrected chi connectivity index (χ1v) is 6.72. The van der Waals surface area contributed by atoms with Crippen molar-refractivity contribution >= 4 is 17.6 Å². The summed E-state index contributed by atoms with van der Waals surface area (Å²) >= 11 is 0. The van der Waals surface area contributed by atoms with Crippen LogP contribution >= 0.6 is 0 Å². The molecule has 1 aromatic rings. The molecular formula is C13H17N3O5. The maximum Gasteiger partial charge on any atom is 0.308 e. The maximum absolute atomic E-state index is 12.0. The second-order valence-electron chi connectivity index (χ2n) is 5.07. The number of methoxy groups -OCH3 is 1. The molecule has 114 valence electrons. The van der Waals surface area contributed by atoms with Crippen LogP contribution in [0.4, 0.5) is 5.69 Å². The Hall–Kier alpha value is -2.38. The number of rotatable bonds is 4. The van der Waals surface area contributed by atoms with Crippen LogP contribution in [0.2, 0.25) is 0 Å². The average molecular weight is 295 g/mol. The SMILES string of the molecule is COC(=O)C1CCC(NC(=O)c2cc([N+](=O)[O-])c[nH]2)CC1. The van der Waals surface area contributed by atoms with Gasteiger partial charge in [0.1, 0.15) is 5.69 Å². The number of hydrogen-bond donors (Lipinski definition) is 2. The molecule has 1 amide bonds. The van der Waals surface area contributed by atoms with Gasteiger partial charge < -0.3 is 15.0 Å². The summed E-state index contributed by atoms with van der Waals surface area (Å²) < 4.78 is 4.71. The van der Waals surface area contributed by atoms with E-state index in [4.69, 9.17) is 4.74 Å². The Morgan fingerprint density at radius 2 is 2.05 bits per heavy atom. The van der Waals surface area contributed by atoms with Crippen molar-refractivity contribution in [2.45, 2.75) is 31.7 Å². The standard InChI is InChI=1S/C13H17N3O5/c1-21-13(18)8-2-4-9(5-3-8)15-12(17)11-6-10(7-14-11)16(19)20/h6-9,14H,2-5H2,1H3,(H,15,17). The zero-order valence-electron chi connectivity index (χ0n) is 11.6. The van der Waals surface area contributed by atoms with Crippen LogP contribution < -0.4 is 5.32 Å². The normalized spacial score (nSPS) is 21.6. The number of nitro groups is 1. The Balaban J connectivity index is 1.86. The quantitative estimate of drug-likeness (QED) is 0.495. The molecule has 8 nitrogen and oxygen atoms in total. The van der Waals surface area contributed by atoms with Gasteiger partial charge in [0.15, 0.2) is 0 Å². The molecule has 1 aliphatic rings. The van der Waals surface area contributed by atoms with Gasteiger partial charge >= 0.3 is 5.97 Å². The number of carbonyl (C=O) groups is 2. The van der Waals surface area contributed by atoms with E-state index in [1.165, 1.54) is 19.4 Å². The molecule has 0 unspecified atom stereocenters. The molecular weight excluding hydrogens is 278 g/mol. The molecule has 0 saturated heterocycles. The zero-order valence-corrected chi connectivity index (χ0v) is 11.6. The van der Waals surface area contributed by atoms with Crippen molar-refractivity contribution in [2.24, 2.45) is 5.92 Å². The van der Waals surface area contributed by atoms with Gasteiger partial charge in [-0.25, -0.2) is 0 Å². The minimum Gasteiger partial charge on any atom is -0.469 e. The molecule has 1 saturated carbocycles. The smallest absolute Gasteiger partial charge is 0.308 e. The summed E-state index contributed by atoms with van der Waals surface area (Å²) in [6, 6.07) is 1.18. The van der Waals surface area contributed by atoms with Gasteiger partial charge in [-0.1, -0.05) is 0 Å². The summed E-state index contributed by atoms with van der Waals surface area (Å²) in [5.41, 5.74) is 0.0198. The molecule has 2 N–H and O–H groups in total. The second-order valence-corrected chi connectivity index (χ2v) is 5.07. The van der Waals surface area contributed by atoms with E-state index in [2.05, 4.69) is 10.3 Å². The van der Waals surface area contributed by atoms with Crippen molar-refractivity contribution in [1.29, 1.82) is 0 Å². The first-order valence-electron chi connectivity index (χ1n) is 6.72. The van der Waals surface area contributed by atoms with E-state index in [0.29, 0.717) is 25.7 Å². The number of H-pyrrole nitrogens is 1. The molecule has 1 fully saturated rings. The lowest BCUT2D eigenvalue weighted by Gasteiger charge is -2.27. The fourth-order valence-corrected chi connectivity index (χ4v) is 2.52. The number of carbonyl (C=O) groups excluding carboxylic acids is 2. The molecule has 1 aliphatic carbocycles. The van der Waals surface area contributed by atoms with E-state index in [1.807, 2.05) is 0 Å². The number of nitrogens with zero attached hydrogens (tertiary/aromatic N) is 1. The molecule has 1 heterocycles. The Kier molecular flexibility index (Phi) is 4.56. The first-order chi connectivity index (χ1) is 10.0. The van der Waals surface area contributed by atoms with Crippen LogP contribution in [0.15, 0.2) is 12.3 Å². The topological polar surface area (TPSA) is 114 Å². The average Bonchev–Trinajstić information content (AvgIpc) is 2.97. The number of esters is 1. The third-order valence-corrected chi connectivity index (χ3v) is 3.72. The van der Waals surface area contributed by atoms with E-state index in [9.17, 15) is 19.7 Å². The summed E-state index contributed by atoms with van der Waals surface area (Å²) in [6.45, 7) is 0. The number of aromatic nitrogens is 1. The molecule has 0 aliphatic heterocycles. The first kappa shape index (κ1) is 15.0. The van der Waals surface area contributed by atoms with Gasteiger partial charge in [0.25, 0.3) is 11.6 Å². The summed E-state index contributed by atoms with van der Waals surface area (Å²) in [7, 11) is 1.37. The van der Waals surface area contributed by atoms with Gasteiger partial charge in [-0.2, -0.15) is 0 Å². The van der Waals surface area contributed by atoms with Crippen molar-refractivity contribution in [3.8, 4) is 0 Å². The predicted molar refractivity (Wildman–Crippen MR) is 72.7 cm³/mol. The van der Waals surface area contributed by atoms with Crippen molar-refractivity contribution in [3.05, 3.63) is 28.1 Å².